The summed E-state index contributed by atoms with van der Waals surface area (Å²) in [5.41, 5.74) is 1.11. The highest BCUT2D eigenvalue weighted by atomic mass is 127. The van der Waals surface area contributed by atoms with E-state index in [1.54, 1.807) is 12.1 Å². The van der Waals surface area contributed by atoms with Gasteiger partial charge in [-0.25, -0.2) is 4.39 Å². The summed E-state index contributed by atoms with van der Waals surface area (Å²) in [5, 5.41) is 7.36. The number of fused-ring (bicyclic) bond motifs is 1. The van der Waals surface area contributed by atoms with Gasteiger partial charge in [0, 0.05) is 55.3 Å². The number of nitrogens with zero attached hydrogens (tertiary/aromatic N) is 2. The number of hydrogen-bond donors (Lipinski definition) is 2. The number of benzene rings is 1. The van der Waals surface area contributed by atoms with Crippen LogP contribution in [0, 0.1) is 17.2 Å². The number of halogens is 2. The summed E-state index contributed by atoms with van der Waals surface area (Å²) in [4.78, 5) is 6.96. The minimum absolute atomic E-state index is 0. The fraction of sp³-hybridized carbons (Fsp3) is 0.682. The molecule has 3 atom stereocenters. The van der Waals surface area contributed by atoms with Crippen LogP contribution in [0.2, 0.25) is 0 Å². The first-order valence-electron chi connectivity index (χ1n) is 10.7. The lowest BCUT2D eigenvalue weighted by molar-refractivity contribution is -0.106. The first-order chi connectivity index (χ1) is 13.5. The fourth-order valence-corrected chi connectivity index (χ4v) is 5.20. The lowest BCUT2D eigenvalue weighted by Crippen LogP contribution is -2.68. The molecule has 3 fully saturated rings. The molecule has 1 saturated carbocycles. The van der Waals surface area contributed by atoms with Crippen molar-refractivity contribution in [3.63, 3.8) is 0 Å². The highest BCUT2D eigenvalue weighted by Crippen LogP contribution is 2.52. The van der Waals surface area contributed by atoms with E-state index in [0.717, 1.165) is 57.2 Å². The summed E-state index contributed by atoms with van der Waals surface area (Å²) in [5.74, 6) is 1.35. The van der Waals surface area contributed by atoms with Gasteiger partial charge in [0.15, 0.2) is 5.96 Å². The minimum Gasteiger partial charge on any atom is -0.377 e. The molecule has 0 radical (unpaired) electrons. The van der Waals surface area contributed by atoms with E-state index in [4.69, 9.17) is 9.73 Å². The largest absolute Gasteiger partial charge is 0.377 e. The van der Waals surface area contributed by atoms with Crippen LogP contribution in [0.5, 0.6) is 0 Å². The number of guanidine groups is 1. The van der Waals surface area contributed by atoms with E-state index in [1.807, 2.05) is 6.07 Å². The van der Waals surface area contributed by atoms with Crippen LogP contribution in [0.1, 0.15) is 40.0 Å². The van der Waals surface area contributed by atoms with Crippen molar-refractivity contribution in [1.82, 2.24) is 10.6 Å². The molecule has 0 bridgehead atoms. The predicted octanol–water partition coefficient (Wildman–Crippen LogP) is 3.78. The summed E-state index contributed by atoms with van der Waals surface area (Å²) < 4.78 is 19.4. The second-order valence-electron chi connectivity index (χ2n) is 8.90. The highest BCUT2D eigenvalue weighted by Gasteiger charge is 2.59. The standard InChI is InChI=1S/C22H33FN4O.HI/c1-4-24-21(26-19-18-10-13-28-20(18)22(19,2)3)25-16-8-11-27(12-9-16)17-7-5-6-15(23)14-17;/h5-7,14,16,18-20H,4,8-13H2,1-3H3,(H2,24,25,26);1H. The van der Waals surface area contributed by atoms with Crippen molar-refractivity contribution >= 4 is 35.6 Å². The van der Waals surface area contributed by atoms with Crippen molar-refractivity contribution < 1.29 is 9.13 Å². The Morgan fingerprint density at radius 2 is 2.00 bits per heavy atom. The van der Waals surface area contributed by atoms with Crippen molar-refractivity contribution in [2.45, 2.75) is 58.2 Å². The van der Waals surface area contributed by atoms with Gasteiger partial charge in [-0.3, -0.25) is 4.99 Å². The summed E-state index contributed by atoms with van der Waals surface area (Å²) in [6.07, 6.45) is 3.55. The summed E-state index contributed by atoms with van der Waals surface area (Å²) in [6, 6.07) is 7.69. The first kappa shape index (κ1) is 22.6. The molecule has 4 rings (SSSR count). The minimum atomic E-state index is -0.170. The monoisotopic (exact) mass is 516 g/mol. The van der Waals surface area contributed by atoms with Crippen molar-refractivity contribution in [3.8, 4) is 0 Å². The third kappa shape index (κ3) is 4.65. The third-order valence-corrected chi connectivity index (χ3v) is 6.72. The third-order valence-electron chi connectivity index (χ3n) is 6.72. The maximum absolute atomic E-state index is 13.5. The molecular formula is C22H34FIN4O. The average molecular weight is 516 g/mol. The van der Waals surface area contributed by atoms with Crippen LogP contribution in [-0.2, 0) is 4.74 Å². The van der Waals surface area contributed by atoms with Crippen molar-refractivity contribution in [3.05, 3.63) is 30.1 Å². The van der Waals surface area contributed by atoms with Crippen LogP contribution < -0.4 is 15.5 Å². The second kappa shape index (κ2) is 9.37. The molecule has 1 aromatic carbocycles. The first-order valence-corrected chi connectivity index (χ1v) is 10.7. The van der Waals surface area contributed by atoms with Crippen LogP contribution in [0.15, 0.2) is 29.3 Å². The van der Waals surface area contributed by atoms with E-state index in [-0.39, 0.29) is 35.2 Å². The number of rotatable bonds is 4. The molecular weight excluding hydrogens is 482 g/mol. The van der Waals surface area contributed by atoms with Crippen LogP contribution >= 0.6 is 24.0 Å². The molecule has 0 amide bonds. The Bertz CT molecular complexity index is 721. The number of nitrogens with one attached hydrogen (secondary N) is 2. The van der Waals surface area contributed by atoms with E-state index in [2.05, 4.69) is 36.3 Å². The molecule has 3 aliphatic rings. The number of ether oxygens (including phenoxy) is 1. The molecule has 2 heterocycles. The molecule has 3 unspecified atom stereocenters. The zero-order valence-electron chi connectivity index (χ0n) is 17.7. The molecule has 0 spiro atoms. The number of anilines is 1. The van der Waals surface area contributed by atoms with Gasteiger partial charge >= 0.3 is 0 Å². The van der Waals surface area contributed by atoms with Gasteiger partial charge in [-0.05, 0) is 44.4 Å². The molecule has 2 N–H and O–H groups in total. The summed E-state index contributed by atoms with van der Waals surface area (Å²) in [6.45, 7) is 10.1. The van der Waals surface area contributed by atoms with Gasteiger partial charge in [-0.1, -0.05) is 19.9 Å². The SMILES string of the molecule is CCN=C(NC1CCN(c2cccc(F)c2)CC1)NC1C2CCOC2C1(C)C.I. The topological polar surface area (TPSA) is 48.9 Å². The zero-order valence-corrected chi connectivity index (χ0v) is 20.0. The van der Waals surface area contributed by atoms with Crippen molar-refractivity contribution in [2.24, 2.45) is 16.3 Å². The van der Waals surface area contributed by atoms with E-state index >= 15 is 0 Å². The molecule has 1 aromatic rings. The number of hydrogen-bond acceptors (Lipinski definition) is 3. The lowest BCUT2D eigenvalue weighted by atomic mass is 9.57. The number of piperidine rings is 1. The molecule has 29 heavy (non-hydrogen) atoms. The molecule has 1 aliphatic carbocycles. The van der Waals surface area contributed by atoms with E-state index in [0.29, 0.717) is 24.1 Å². The summed E-state index contributed by atoms with van der Waals surface area (Å²) >= 11 is 0. The van der Waals surface area contributed by atoms with Gasteiger partial charge in [-0.15, -0.1) is 24.0 Å². The Kier molecular flexibility index (Phi) is 7.30. The van der Waals surface area contributed by atoms with E-state index in [1.165, 1.54) is 6.07 Å². The molecule has 5 nitrogen and oxygen atoms in total. The quantitative estimate of drug-likeness (QED) is 0.364. The van der Waals surface area contributed by atoms with Crippen LogP contribution in [0.25, 0.3) is 0 Å². The highest BCUT2D eigenvalue weighted by molar-refractivity contribution is 14.0. The lowest BCUT2D eigenvalue weighted by Gasteiger charge is -2.55. The van der Waals surface area contributed by atoms with Gasteiger partial charge in [0.1, 0.15) is 5.82 Å². The Labute approximate surface area is 190 Å². The molecule has 7 heteroatoms. The maximum Gasteiger partial charge on any atom is 0.191 e. The fourth-order valence-electron chi connectivity index (χ4n) is 5.20. The van der Waals surface area contributed by atoms with Crippen LogP contribution in [0.3, 0.4) is 0 Å². The Morgan fingerprint density at radius 1 is 1.24 bits per heavy atom. The van der Waals surface area contributed by atoms with E-state index in [9.17, 15) is 4.39 Å². The second-order valence-corrected chi connectivity index (χ2v) is 8.90. The average Bonchev–Trinajstić information content (AvgIpc) is 3.14. The van der Waals surface area contributed by atoms with Crippen LogP contribution in [0.4, 0.5) is 10.1 Å². The summed E-state index contributed by atoms with van der Waals surface area (Å²) in [7, 11) is 0. The predicted molar refractivity (Wildman–Crippen MR) is 127 cm³/mol. The maximum atomic E-state index is 13.5. The zero-order chi connectivity index (χ0) is 19.7. The Balaban J connectivity index is 0.00000240. The van der Waals surface area contributed by atoms with Gasteiger partial charge < -0.3 is 20.3 Å². The van der Waals surface area contributed by atoms with Crippen molar-refractivity contribution in [1.29, 1.82) is 0 Å². The van der Waals surface area contributed by atoms with Gasteiger partial charge in [0.25, 0.3) is 0 Å². The molecule has 2 saturated heterocycles. The Morgan fingerprint density at radius 3 is 2.69 bits per heavy atom. The van der Waals surface area contributed by atoms with Gasteiger partial charge in [0.05, 0.1) is 6.10 Å². The van der Waals surface area contributed by atoms with Crippen molar-refractivity contribution in [2.75, 3.05) is 31.1 Å². The van der Waals surface area contributed by atoms with Gasteiger partial charge in [-0.2, -0.15) is 0 Å². The van der Waals surface area contributed by atoms with Crippen LogP contribution in [-0.4, -0.2) is 50.4 Å². The molecule has 2 aliphatic heterocycles. The Hall–Kier alpha value is -1.09. The normalized spacial score (nSPS) is 28.9. The number of aliphatic imine (C=N–C) groups is 1. The smallest absolute Gasteiger partial charge is 0.191 e. The molecule has 0 aromatic heterocycles. The molecule has 162 valence electrons. The van der Waals surface area contributed by atoms with Gasteiger partial charge in [0.2, 0.25) is 0 Å². The van der Waals surface area contributed by atoms with E-state index < -0.39 is 0 Å².